The maximum Gasteiger partial charge on any atom is 0.295 e. The number of carbonyl (C=O) groups is 1. The highest BCUT2D eigenvalue weighted by Crippen LogP contribution is 2.32. The molecule has 2 aliphatic rings. The topological polar surface area (TPSA) is 56.1 Å². The number of rotatable bonds is 3. The molecule has 3 rings (SSSR count). The van der Waals surface area contributed by atoms with Gasteiger partial charge in [-0.1, -0.05) is 5.92 Å². The van der Waals surface area contributed by atoms with Crippen molar-refractivity contribution in [2.75, 3.05) is 13.2 Å². The van der Waals surface area contributed by atoms with Crippen LogP contribution in [0.4, 0.5) is 0 Å². The molecule has 0 spiro atoms. The Bertz CT molecular complexity index is 566. The number of nitrogens with one attached hydrogen (secondary N) is 1. The van der Waals surface area contributed by atoms with Crippen molar-refractivity contribution >= 4 is 5.91 Å². The summed E-state index contributed by atoms with van der Waals surface area (Å²) >= 11 is 0. The summed E-state index contributed by atoms with van der Waals surface area (Å²) in [5.74, 6) is 6.23. The highest BCUT2D eigenvalue weighted by Gasteiger charge is 2.29. The number of aromatic nitrogens is 2. The molecule has 5 heteroatoms. The van der Waals surface area contributed by atoms with Gasteiger partial charge in [0, 0.05) is 38.2 Å². The molecule has 1 aromatic rings. The van der Waals surface area contributed by atoms with E-state index in [2.05, 4.69) is 22.3 Å². The minimum atomic E-state index is -0.170. The molecule has 1 saturated carbocycles. The quantitative estimate of drug-likeness (QED) is 0.855. The number of hydrogen-bond acceptors (Lipinski definition) is 3. The summed E-state index contributed by atoms with van der Waals surface area (Å²) in [5, 5.41) is 7.13. The highest BCUT2D eigenvalue weighted by molar-refractivity contribution is 5.93. The first-order valence-corrected chi connectivity index (χ1v) is 7.63. The van der Waals surface area contributed by atoms with Crippen molar-refractivity contribution in [3.8, 4) is 11.8 Å². The number of ether oxygens (including phenoxy) is 1. The molecule has 5 nitrogen and oxygen atoms in total. The molecule has 1 aromatic heterocycles. The zero-order valence-electron chi connectivity index (χ0n) is 12.3. The van der Waals surface area contributed by atoms with Crippen molar-refractivity contribution in [2.24, 2.45) is 18.9 Å². The van der Waals surface area contributed by atoms with Crippen molar-refractivity contribution in [3.63, 3.8) is 0 Å². The van der Waals surface area contributed by atoms with Gasteiger partial charge in [0.05, 0.1) is 5.69 Å². The van der Waals surface area contributed by atoms with Crippen LogP contribution in [0.2, 0.25) is 0 Å². The van der Waals surface area contributed by atoms with Gasteiger partial charge in [-0.2, -0.15) is 5.10 Å². The molecule has 2 heterocycles. The summed E-state index contributed by atoms with van der Waals surface area (Å²) in [6, 6.07) is 1.98. The molecule has 1 aliphatic carbocycles. The molecule has 2 fully saturated rings. The molecule has 112 valence electrons. The van der Waals surface area contributed by atoms with E-state index in [0.29, 0.717) is 12.5 Å². The monoisotopic (exact) mass is 287 g/mol. The first-order valence-electron chi connectivity index (χ1n) is 7.63. The predicted molar refractivity (Wildman–Crippen MR) is 78.1 cm³/mol. The van der Waals surface area contributed by atoms with Crippen LogP contribution < -0.4 is 5.32 Å². The van der Waals surface area contributed by atoms with E-state index in [0.717, 1.165) is 38.0 Å². The van der Waals surface area contributed by atoms with Gasteiger partial charge < -0.3 is 10.1 Å². The lowest BCUT2D eigenvalue weighted by molar-refractivity contribution is -0.116. The van der Waals surface area contributed by atoms with Crippen LogP contribution >= 0.6 is 0 Å². The van der Waals surface area contributed by atoms with Crippen molar-refractivity contribution in [1.82, 2.24) is 15.1 Å². The minimum Gasteiger partial charge on any atom is -0.372 e. The van der Waals surface area contributed by atoms with Crippen LogP contribution in [0.3, 0.4) is 0 Å². The average molecular weight is 287 g/mol. The van der Waals surface area contributed by atoms with E-state index in [1.165, 1.54) is 0 Å². The number of nitrogens with zero attached hydrogens (tertiary/aromatic N) is 2. The first kappa shape index (κ1) is 14.2. The Morgan fingerprint density at radius 2 is 2.38 bits per heavy atom. The summed E-state index contributed by atoms with van der Waals surface area (Å²) in [7, 11) is 1.92. The van der Waals surface area contributed by atoms with Gasteiger partial charge in [-0.25, -0.2) is 0 Å². The molecule has 0 radical (unpaired) electrons. The fraction of sp³-hybridized carbons (Fsp3) is 0.625. The van der Waals surface area contributed by atoms with E-state index in [9.17, 15) is 4.79 Å². The van der Waals surface area contributed by atoms with Gasteiger partial charge in [-0.15, -0.1) is 0 Å². The summed E-state index contributed by atoms with van der Waals surface area (Å²) in [4.78, 5) is 11.7. The summed E-state index contributed by atoms with van der Waals surface area (Å²) in [6.07, 6.45) is 6.14. The van der Waals surface area contributed by atoms with Crippen molar-refractivity contribution in [2.45, 2.75) is 31.8 Å². The molecular formula is C16H21N3O2. The molecule has 21 heavy (non-hydrogen) atoms. The number of aryl methyl sites for hydroxylation is 1. The molecule has 0 aromatic carbocycles. The third-order valence-electron chi connectivity index (χ3n) is 4.09. The second-order valence-corrected chi connectivity index (χ2v) is 5.83. The standard InChI is InChI=1S/C16H21N3O2/c1-19-14(8-9-18-19)16-13(3-2-10-21-16)11-17-15(20)7-6-12-4-5-12/h8-9,12-13,16H,2-5,10-11H2,1H3,(H,17,20)/t13-,16+/m0/s1. The van der Waals surface area contributed by atoms with Gasteiger partial charge in [0.1, 0.15) is 6.10 Å². The predicted octanol–water partition coefficient (Wildman–Crippen LogP) is 1.42. The van der Waals surface area contributed by atoms with E-state index in [4.69, 9.17) is 4.74 Å². The lowest BCUT2D eigenvalue weighted by atomic mass is 9.92. The van der Waals surface area contributed by atoms with Crippen LogP contribution in [0.15, 0.2) is 12.3 Å². The molecule has 2 atom stereocenters. The molecule has 1 saturated heterocycles. The third-order valence-corrected chi connectivity index (χ3v) is 4.09. The summed E-state index contributed by atoms with van der Waals surface area (Å²) in [5.41, 5.74) is 1.07. The Kier molecular flexibility index (Phi) is 4.26. The van der Waals surface area contributed by atoms with Crippen molar-refractivity contribution < 1.29 is 9.53 Å². The maximum absolute atomic E-state index is 11.7. The Hall–Kier alpha value is -1.80. The fourth-order valence-electron chi connectivity index (χ4n) is 2.71. The van der Waals surface area contributed by atoms with Crippen molar-refractivity contribution in [3.05, 3.63) is 18.0 Å². The zero-order chi connectivity index (χ0) is 14.7. The van der Waals surface area contributed by atoms with Crippen LogP contribution in [0.25, 0.3) is 0 Å². The fourth-order valence-corrected chi connectivity index (χ4v) is 2.71. The number of hydrogen-bond donors (Lipinski definition) is 1. The SMILES string of the molecule is Cn1nccc1[C@@H]1OCCC[C@H]1CNC(=O)C#CC1CC1. The molecular weight excluding hydrogens is 266 g/mol. The molecule has 1 N–H and O–H groups in total. The van der Waals surface area contributed by atoms with Gasteiger partial charge in [0.15, 0.2) is 0 Å². The van der Waals surface area contributed by atoms with Gasteiger partial charge in [0.2, 0.25) is 0 Å². The van der Waals surface area contributed by atoms with E-state index in [1.54, 1.807) is 6.20 Å². The van der Waals surface area contributed by atoms with Crippen LogP contribution in [0.1, 0.15) is 37.5 Å². The molecule has 0 unspecified atom stereocenters. The summed E-state index contributed by atoms with van der Waals surface area (Å²) < 4.78 is 7.75. The highest BCUT2D eigenvalue weighted by atomic mass is 16.5. The third kappa shape index (κ3) is 3.64. The van der Waals surface area contributed by atoms with Crippen LogP contribution in [-0.4, -0.2) is 28.8 Å². The second-order valence-electron chi connectivity index (χ2n) is 5.83. The van der Waals surface area contributed by atoms with Gasteiger partial charge in [-0.05, 0) is 37.7 Å². The van der Waals surface area contributed by atoms with Crippen molar-refractivity contribution in [1.29, 1.82) is 0 Å². The van der Waals surface area contributed by atoms with Gasteiger partial charge in [0.25, 0.3) is 5.91 Å². The average Bonchev–Trinajstić information content (AvgIpc) is 3.24. The molecule has 0 bridgehead atoms. The molecule has 1 amide bonds. The first-order chi connectivity index (χ1) is 10.2. The Labute approximate surface area is 125 Å². The Morgan fingerprint density at radius 3 is 3.10 bits per heavy atom. The second kappa shape index (κ2) is 6.31. The van der Waals surface area contributed by atoms with Gasteiger partial charge >= 0.3 is 0 Å². The smallest absolute Gasteiger partial charge is 0.295 e. The molecule has 1 aliphatic heterocycles. The van der Waals surface area contributed by atoms with E-state index in [-0.39, 0.29) is 17.9 Å². The largest absolute Gasteiger partial charge is 0.372 e. The minimum absolute atomic E-state index is 0.00272. The lowest BCUT2D eigenvalue weighted by Crippen LogP contribution is -2.35. The van der Waals surface area contributed by atoms with Gasteiger partial charge in [-0.3, -0.25) is 9.48 Å². The zero-order valence-corrected chi connectivity index (χ0v) is 12.3. The normalized spacial score (nSPS) is 25.0. The van der Waals surface area contributed by atoms with E-state index >= 15 is 0 Å². The Balaban J connectivity index is 1.58. The maximum atomic E-state index is 11.7. The van der Waals surface area contributed by atoms with Crippen LogP contribution in [-0.2, 0) is 16.6 Å². The summed E-state index contributed by atoms with van der Waals surface area (Å²) in [6.45, 7) is 1.37. The Morgan fingerprint density at radius 1 is 1.52 bits per heavy atom. The number of carbonyl (C=O) groups excluding carboxylic acids is 1. The van der Waals surface area contributed by atoms with Crippen LogP contribution in [0, 0.1) is 23.7 Å². The lowest BCUT2D eigenvalue weighted by Gasteiger charge is -2.31. The van der Waals surface area contributed by atoms with E-state index in [1.807, 2.05) is 17.8 Å². The van der Waals surface area contributed by atoms with E-state index < -0.39 is 0 Å². The van der Waals surface area contributed by atoms with Crippen LogP contribution in [0.5, 0.6) is 0 Å². The number of amides is 1.